The summed E-state index contributed by atoms with van der Waals surface area (Å²) in [4.78, 5) is 0. The molecule has 3 nitrogen and oxygen atoms in total. The Morgan fingerprint density at radius 2 is 0.600 bits per heavy atom. The van der Waals surface area contributed by atoms with Crippen molar-refractivity contribution in [3.8, 4) is 0 Å². The Morgan fingerprint density at radius 3 is 0.600 bits per heavy atom. The van der Waals surface area contributed by atoms with Crippen molar-refractivity contribution < 1.29 is 16.4 Å². The maximum absolute atomic E-state index is 0. The predicted octanol–water partition coefficient (Wildman–Crippen LogP) is -1.48. The molecule has 0 unspecified atom stereocenters. The van der Waals surface area contributed by atoms with Crippen LogP contribution in [0.4, 0.5) is 0 Å². The van der Waals surface area contributed by atoms with Gasteiger partial charge in [0.25, 0.3) is 0 Å². The smallest absolute Gasteiger partial charge is 2.00 e. The molecule has 0 amide bonds. The van der Waals surface area contributed by atoms with Crippen LogP contribution in [0.2, 0.25) is 0 Å². The molecule has 5 heteroatoms. The van der Waals surface area contributed by atoms with E-state index in [4.69, 9.17) is 0 Å². The zero-order chi connectivity index (χ0) is 0. The number of rotatable bonds is 0. The third-order valence-electron chi connectivity index (χ3n) is 0. The van der Waals surface area contributed by atoms with Crippen LogP contribution in [0.5, 0.6) is 0 Å². The van der Waals surface area contributed by atoms with Gasteiger partial charge in [-0.1, -0.05) is 0 Å². The molecule has 0 bridgehead atoms. The third kappa shape index (κ3) is 55.1. The molecule has 0 saturated heterocycles. The maximum Gasteiger partial charge on any atom is 3.00 e. The van der Waals surface area contributed by atoms with Crippen LogP contribution in [-0.4, -0.2) is 17.4 Å². The van der Waals surface area contributed by atoms with Crippen LogP contribution in [0.3, 0.4) is 0 Å². The second-order valence-electron chi connectivity index (χ2n) is 0. The van der Waals surface area contributed by atoms with Gasteiger partial charge in [-0.05, 0) is 0 Å². The van der Waals surface area contributed by atoms with Crippen molar-refractivity contribution in [3.63, 3.8) is 0 Å². The van der Waals surface area contributed by atoms with Crippen molar-refractivity contribution in [2.24, 2.45) is 0 Å². The molecule has 0 aliphatic rings. The van der Waals surface area contributed by atoms with Gasteiger partial charge in [-0.3, -0.25) is 9.90 Å². The van der Waals surface area contributed by atoms with Crippen molar-refractivity contribution in [1.29, 1.82) is 0 Å². The molecule has 5 heavy (non-hydrogen) atoms. The molecule has 0 fully saturated rings. The van der Waals surface area contributed by atoms with E-state index < -0.39 is 0 Å². The van der Waals surface area contributed by atoms with Crippen LogP contribution >= 0.6 is 9.90 Å². The largest absolute Gasteiger partial charge is 3.00 e. The summed E-state index contributed by atoms with van der Waals surface area (Å²) in [6, 6.07) is 0. The first-order valence-corrected chi connectivity index (χ1v) is 0. The van der Waals surface area contributed by atoms with E-state index in [1.54, 1.807) is 0 Å². The Morgan fingerprint density at radius 1 is 0.600 bits per heavy atom. The molecule has 0 atom stereocenters. The molecule has 0 heterocycles. The molecule has 0 aromatic rings. The van der Waals surface area contributed by atoms with Gasteiger partial charge in [0.1, 0.15) is 0 Å². The van der Waals surface area contributed by atoms with E-state index in [9.17, 15) is 0 Å². The van der Waals surface area contributed by atoms with Crippen LogP contribution in [-0.2, 0) is 16.4 Å². The first kappa shape index (κ1) is 193. The van der Waals surface area contributed by atoms with Crippen molar-refractivity contribution in [1.82, 2.24) is 0 Å². The Bertz CT molecular complexity index is 6.85. The molecule has 0 spiro atoms. The van der Waals surface area contributed by atoms with E-state index in [0.717, 1.165) is 0 Å². The van der Waals surface area contributed by atoms with Gasteiger partial charge in [-0.2, -0.15) is 0 Å². The molecule has 0 N–H and O–H groups in total. The second kappa shape index (κ2) is 101. The monoisotopic (exact) mass is 112 g/mol. The average molecular weight is 112 g/mol. The summed E-state index contributed by atoms with van der Waals surface area (Å²) in [7, 11) is 0. The van der Waals surface area contributed by atoms with Gasteiger partial charge >= 0.3 is 17.4 Å². The predicted molar refractivity (Wildman–Crippen MR) is 23.1 cm³/mol. The maximum atomic E-state index is 0. The van der Waals surface area contributed by atoms with Gasteiger partial charge in [0.05, 0.1) is 0 Å². The molecule has 0 radical (unpaired) electrons. The Balaban J connectivity index is 0. The summed E-state index contributed by atoms with van der Waals surface area (Å²) < 4.78 is 0. The quantitative estimate of drug-likeness (QED) is 0.270. The van der Waals surface area contributed by atoms with E-state index in [0.29, 0.717) is 0 Å². The van der Waals surface area contributed by atoms with Gasteiger partial charge in [0.15, 0.2) is 0 Å². The van der Waals surface area contributed by atoms with Crippen LogP contribution < -0.4 is 0 Å². The third-order valence-corrected chi connectivity index (χ3v) is 0. The first-order valence-electron chi connectivity index (χ1n) is 0. The van der Waals surface area contributed by atoms with Gasteiger partial charge in [-0.25, -0.2) is 0 Å². The number of hydrogen-bond donors (Lipinski definition) is 0. The van der Waals surface area contributed by atoms with Crippen molar-refractivity contribution in [2.75, 3.05) is 0 Å². The van der Waals surface area contributed by atoms with Gasteiger partial charge < -0.3 is 16.4 Å². The fraction of sp³-hybridized carbons (Fsp3) is 0. The summed E-state index contributed by atoms with van der Waals surface area (Å²) in [5.74, 6) is 0. The molecule has 0 aliphatic carbocycles. The summed E-state index contributed by atoms with van der Waals surface area (Å²) in [5, 5.41) is 0. The second-order valence-corrected chi connectivity index (χ2v) is 0. The Kier molecular flexibility index (Phi) is 3890. The van der Waals surface area contributed by atoms with E-state index in [1.807, 2.05) is 0 Å². The summed E-state index contributed by atoms with van der Waals surface area (Å²) in [6.45, 7) is 0. The van der Waals surface area contributed by atoms with Crippen molar-refractivity contribution in [3.05, 3.63) is 0 Å². The molecular weight excluding hydrogens is 106 g/mol. The molecule has 0 saturated carbocycles. The minimum Gasteiger partial charge on any atom is -2.00 e. The Hall–Kier alpha value is 0.842. The minimum atomic E-state index is 0. The van der Waals surface area contributed by atoms with Crippen LogP contribution in [0.25, 0.3) is 0 Å². The van der Waals surface area contributed by atoms with Crippen LogP contribution in [0.1, 0.15) is 0 Å². The van der Waals surface area contributed by atoms with E-state index in [2.05, 4.69) is 0 Å². The topological polar surface area (TPSA) is 85.5 Å². The van der Waals surface area contributed by atoms with E-state index in [-0.39, 0.29) is 43.7 Å². The zero-order valence-corrected chi connectivity index (χ0v) is 2.96. The number of hydrogen-bond acceptors (Lipinski definition) is 0. The van der Waals surface area contributed by atoms with Crippen molar-refractivity contribution in [2.45, 2.75) is 0 Å². The van der Waals surface area contributed by atoms with E-state index >= 15 is 0 Å². The fourth-order valence-corrected chi connectivity index (χ4v) is 0. The normalized spacial score (nSPS) is 0. The molecule has 0 aromatic heterocycles. The zero-order valence-electron chi connectivity index (χ0n) is 1.80. The molecule has 32 valence electrons. The standard InChI is InChI=1S/Al.3O.H6P/h;;;;1H6/q+3;3*-2;+3. The SMILES string of the molecule is [Al+3].[O-2].[O-2].[O-2].[PH6+3]. The van der Waals surface area contributed by atoms with Gasteiger partial charge in [0, 0.05) is 0 Å². The summed E-state index contributed by atoms with van der Waals surface area (Å²) >= 11 is 0. The first-order chi connectivity index (χ1) is 0. The fourth-order valence-electron chi connectivity index (χ4n) is 0. The minimum absolute atomic E-state index is 0. The van der Waals surface area contributed by atoms with Crippen LogP contribution in [0.15, 0.2) is 0 Å². The molecular formula is H6AlO3P. The summed E-state index contributed by atoms with van der Waals surface area (Å²) in [6.07, 6.45) is 0. The van der Waals surface area contributed by atoms with Crippen molar-refractivity contribution >= 4 is 27.3 Å². The van der Waals surface area contributed by atoms with E-state index in [1.165, 1.54) is 0 Å². The van der Waals surface area contributed by atoms with Gasteiger partial charge in [-0.15, -0.1) is 0 Å². The Labute approximate surface area is 44.4 Å². The van der Waals surface area contributed by atoms with Gasteiger partial charge in [0.2, 0.25) is 0 Å². The molecule has 0 rings (SSSR count). The molecule has 0 aliphatic heterocycles. The average Bonchev–Trinajstić information content (AvgIpc) is 0. The van der Waals surface area contributed by atoms with Crippen LogP contribution in [0, 0.1) is 0 Å². The molecule has 0 aromatic carbocycles. The summed E-state index contributed by atoms with van der Waals surface area (Å²) in [5.41, 5.74) is 0.